The summed E-state index contributed by atoms with van der Waals surface area (Å²) in [5, 5.41) is 13.9. The van der Waals surface area contributed by atoms with E-state index >= 15 is 4.39 Å². The zero-order valence-electron chi connectivity index (χ0n) is 19.8. The molecule has 5 rings (SSSR count). The molecule has 192 valence electrons. The third kappa shape index (κ3) is 4.45. The Morgan fingerprint density at radius 3 is 2.68 bits per heavy atom. The SMILES string of the molecule is CC1(C)COC2=C(C1)Nc1c(O)cccc1N(C(=O)c1cnccn1)C2c1ccc(C(F)(F)F)cc1F. The number of hydrogen-bond acceptors (Lipinski definition) is 6. The summed E-state index contributed by atoms with van der Waals surface area (Å²) in [7, 11) is 0. The van der Waals surface area contributed by atoms with Gasteiger partial charge < -0.3 is 15.2 Å². The fourth-order valence-corrected chi connectivity index (χ4v) is 4.56. The number of benzene rings is 2. The molecule has 7 nitrogen and oxygen atoms in total. The highest BCUT2D eigenvalue weighted by Crippen LogP contribution is 2.50. The first-order chi connectivity index (χ1) is 17.5. The lowest BCUT2D eigenvalue weighted by molar-refractivity contribution is -0.137. The van der Waals surface area contributed by atoms with E-state index in [1.165, 1.54) is 41.7 Å². The van der Waals surface area contributed by atoms with Crippen molar-refractivity contribution in [2.24, 2.45) is 5.41 Å². The molecule has 2 N–H and O–H groups in total. The third-order valence-corrected chi connectivity index (χ3v) is 6.26. The van der Waals surface area contributed by atoms with Gasteiger partial charge in [0.05, 0.1) is 29.8 Å². The molecule has 0 saturated carbocycles. The highest BCUT2D eigenvalue weighted by molar-refractivity contribution is 6.08. The molecule has 37 heavy (non-hydrogen) atoms. The van der Waals surface area contributed by atoms with Crippen molar-refractivity contribution in [2.45, 2.75) is 32.5 Å². The summed E-state index contributed by atoms with van der Waals surface area (Å²) in [5.41, 5.74) is -1.02. The molecule has 2 aromatic carbocycles. The van der Waals surface area contributed by atoms with Crippen LogP contribution in [0.1, 0.15) is 47.9 Å². The van der Waals surface area contributed by atoms with Gasteiger partial charge >= 0.3 is 6.18 Å². The Balaban J connectivity index is 1.79. The van der Waals surface area contributed by atoms with Gasteiger partial charge in [-0.3, -0.25) is 14.7 Å². The van der Waals surface area contributed by atoms with E-state index in [1.54, 1.807) is 0 Å². The van der Waals surface area contributed by atoms with Gasteiger partial charge in [-0.05, 0) is 30.7 Å². The number of hydrogen-bond donors (Lipinski definition) is 2. The first kappa shape index (κ1) is 24.5. The maximum absolute atomic E-state index is 15.5. The summed E-state index contributed by atoms with van der Waals surface area (Å²) in [4.78, 5) is 23.1. The summed E-state index contributed by atoms with van der Waals surface area (Å²) < 4.78 is 61.5. The number of nitrogens with zero attached hydrogens (tertiary/aromatic N) is 3. The number of amides is 1. The Labute approximate surface area is 209 Å². The number of carbonyl (C=O) groups is 1. The lowest BCUT2D eigenvalue weighted by Gasteiger charge is -2.38. The Bertz CT molecular complexity index is 1410. The number of fused-ring (bicyclic) bond motifs is 1. The lowest BCUT2D eigenvalue weighted by Crippen LogP contribution is -2.39. The third-order valence-electron chi connectivity index (χ3n) is 6.26. The number of para-hydroxylation sites is 1. The molecular weight excluding hydrogens is 492 g/mol. The molecule has 1 amide bonds. The number of aromatic hydroxyl groups is 1. The van der Waals surface area contributed by atoms with Crippen LogP contribution in [0.3, 0.4) is 0 Å². The van der Waals surface area contributed by atoms with Gasteiger partial charge in [-0.25, -0.2) is 9.37 Å². The summed E-state index contributed by atoms with van der Waals surface area (Å²) in [6.45, 7) is 4.11. The van der Waals surface area contributed by atoms with Gasteiger partial charge in [-0.2, -0.15) is 13.2 Å². The molecule has 0 spiro atoms. The fraction of sp³-hybridized carbons (Fsp3) is 0.269. The second-order valence-corrected chi connectivity index (χ2v) is 9.67. The molecule has 3 heterocycles. The van der Waals surface area contributed by atoms with Gasteiger partial charge in [0.1, 0.15) is 34.7 Å². The average molecular weight is 514 g/mol. The zero-order chi connectivity index (χ0) is 26.5. The second-order valence-electron chi connectivity index (χ2n) is 9.67. The summed E-state index contributed by atoms with van der Waals surface area (Å²) in [5.74, 6) is -1.90. The van der Waals surface area contributed by atoms with Crippen molar-refractivity contribution in [1.82, 2.24) is 9.97 Å². The van der Waals surface area contributed by atoms with E-state index in [9.17, 15) is 23.1 Å². The monoisotopic (exact) mass is 514 g/mol. The minimum Gasteiger partial charge on any atom is -0.506 e. The molecule has 1 unspecified atom stereocenters. The number of aromatic nitrogens is 2. The van der Waals surface area contributed by atoms with Crippen molar-refractivity contribution in [2.75, 3.05) is 16.8 Å². The number of anilines is 2. The Hall–Kier alpha value is -4.15. The average Bonchev–Trinajstić information content (AvgIpc) is 2.98. The van der Waals surface area contributed by atoms with Gasteiger partial charge in [-0.15, -0.1) is 0 Å². The minimum absolute atomic E-state index is 0.0886. The van der Waals surface area contributed by atoms with Crippen LogP contribution in [-0.2, 0) is 10.9 Å². The number of phenolic OH excluding ortho intramolecular Hbond substituents is 1. The van der Waals surface area contributed by atoms with Crippen LogP contribution >= 0.6 is 0 Å². The van der Waals surface area contributed by atoms with Crippen molar-refractivity contribution >= 4 is 17.3 Å². The molecule has 0 radical (unpaired) electrons. The summed E-state index contributed by atoms with van der Waals surface area (Å²) in [6.07, 6.45) is -0.440. The van der Waals surface area contributed by atoms with E-state index in [0.717, 1.165) is 12.1 Å². The first-order valence-electron chi connectivity index (χ1n) is 11.4. The predicted molar refractivity (Wildman–Crippen MR) is 126 cm³/mol. The van der Waals surface area contributed by atoms with E-state index in [1.807, 2.05) is 13.8 Å². The minimum atomic E-state index is -4.76. The molecule has 0 fully saturated rings. The number of carbonyl (C=O) groups excluding carboxylic acids is 1. The topological polar surface area (TPSA) is 87.6 Å². The number of allylic oxidation sites excluding steroid dienone is 1. The van der Waals surface area contributed by atoms with Crippen molar-refractivity contribution in [3.63, 3.8) is 0 Å². The quantitative estimate of drug-likeness (QED) is 0.332. The fourth-order valence-electron chi connectivity index (χ4n) is 4.56. The van der Waals surface area contributed by atoms with Crippen LogP contribution in [0.5, 0.6) is 5.75 Å². The number of rotatable bonds is 2. The largest absolute Gasteiger partial charge is 0.506 e. The molecule has 0 bridgehead atoms. The van der Waals surface area contributed by atoms with Crippen LogP contribution in [0.2, 0.25) is 0 Å². The Kier molecular flexibility index (Phi) is 5.81. The lowest BCUT2D eigenvalue weighted by atomic mass is 9.85. The van der Waals surface area contributed by atoms with Gasteiger partial charge in [0, 0.05) is 23.4 Å². The Morgan fingerprint density at radius 2 is 2.00 bits per heavy atom. The number of phenols is 1. The van der Waals surface area contributed by atoms with Gasteiger partial charge in [0.2, 0.25) is 0 Å². The highest BCUT2D eigenvalue weighted by atomic mass is 19.4. The molecule has 2 aliphatic rings. The van der Waals surface area contributed by atoms with Crippen molar-refractivity contribution in [3.8, 4) is 5.75 Å². The van der Waals surface area contributed by atoms with Gasteiger partial charge in [-0.1, -0.05) is 26.0 Å². The van der Waals surface area contributed by atoms with Crippen LogP contribution in [0.15, 0.2) is 66.4 Å². The second kappa shape index (κ2) is 8.75. The first-order valence-corrected chi connectivity index (χ1v) is 11.4. The van der Waals surface area contributed by atoms with Crippen molar-refractivity contribution in [3.05, 3.63) is 89.1 Å². The molecular formula is C26H22F4N4O3. The van der Waals surface area contributed by atoms with Crippen molar-refractivity contribution in [1.29, 1.82) is 0 Å². The number of ether oxygens (including phenoxy) is 1. The van der Waals surface area contributed by atoms with Crippen LogP contribution in [0, 0.1) is 11.2 Å². The van der Waals surface area contributed by atoms with E-state index < -0.39 is 29.5 Å². The number of nitrogens with one attached hydrogen (secondary N) is 1. The number of alkyl halides is 3. The standard InChI is InChI=1S/C26H22F4N4O3/c1-25(2)11-17-23(37-13-25)22(15-7-6-14(10-16(15)27)26(28,29)30)34(24(36)18-12-31-8-9-32-18)19-4-3-5-20(35)21(19)33-17/h3-10,12,22,33,35H,11,13H2,1-2H3. The molecule has 3 aromatic rings. The Morgan fingerprint density at radius 1 is 1.22 bits per heavy atom. The van der Waals surface area contributed by atoms with Crippen molar-refractivity contribution < 1.29 is 32.2 Å². The van der Waals surface area contributed by atoms with Crippen LogP contribution in [0.4, 0.5) is 28.9 Å². The summed E-state index contributed by atoms with van der Waals surface area (Å²) >= 11 is 0. The van der Waals surface area contributed by atoms with E-state index in [2.05, 4.69) is 15.3 Å². The van der Waals surface area contributed by atoms with Gasteiger partial charge in [0.25, 0.3) is 5.91 Å². The molecule has 0 saturated heterocycles. The van der Waals surface area contributed by atoms with E-state index in [4.69, 9.17) is 4.74 Å². The zero-order valence-corrected chi connectivity index (χ0v) is 19.8. The molecule has 1 aromatic heterocycles. The smallest absolute Gasteiger partial charge is 0.416 e. The maximum Gasteiger partial charge on any atom is 0.416 e. The molecule has 2 aliphatic heterocycles. The van der Waals surface area contributed by atoms with Crippen LogP contribution in [-0.4, -0.2) is 27.6 Å². The normalized spacial score (nSPS) is 18.8. The van der Waals surface area contributed by atoms with E-state index in [-0.39, 0.29) is 46.2 Å². The van der Waals surface area contributed by atoms with E-state index in [0.29, 0.717) is 18.2 Å². The van der Waals surface area contributed by atoms with Gasteiger partial charge in [0.15, 0.2) is 0 Å². The summed E-state index contributed by atoms with van der Waals surface area (Å²) in [6, 6.07) is 5.31. The highest BCUT2D eigenvalue weighted by Gasteiger charge is 2.43. The van der Waals surface area contributed by atoms with Crippen LogP contribution < -0.4 is 10.2 Å². The molecule has 11 heteroatoms. The number of halogens is 4. The predicted octanol–water partition coefficient (Wildman–Crippen LogP) is 5.81. The maximum atomic E-state index is 15.5. The molecule has 0 aliphatic carbocycles. The molecule has 1 atom stereocenters. The van der Waals surface area contributed by atoms with Crippen LogP contribution in [0.25, 0.3) is 0 Å².